The van der Waals surface area contributed by atoms with Crippen LogP contribution in [0.25, 0.3) is 11.1 Å². The molecule has 254 valence electrons. The molecule has 0 aromatic heterocycles. The fourth-order valence-electron chi connectivity index (χ4n) is 6.64. The number of likely N-dealkylation sites (tertiary alicyclic amines) is 1. The van der Waals surface area contributed by atoms with Crippen LogP contribution in [0.5, 0.6) is 0 Å². The summed E-state index contributed by atoms with van der Waals surface area (Å²) in [5, 5.41) is 9.33. The van der Waals surface area contributed by atoms with Gasteiger partial charge in [0.2, 0.25) is 11.8 Å². The molecule has 0 bridgehead atoms. The number of nitrogens with zero attached hydrogens (tertiary/aromatic N) is 3. The van der Waals surface area contributed by atoms with Crippen molar-refractivity contribution < 1.29 is 42.2 Å². The lowest BCUT2D eigenvalue weighted by molar-refractivity contribution is -0.150. The summed E-state index contributed by atoms with van der Waals surface area (Å²) in [6, 6.07) is 17.9. The van der Waals surface area contributed by atoms with Crippen LogP contribution in [0, 0.1) is 5.92 Å². The number of halogens is 3. The minimum Gasteiger partial charge on any atom is -0.480 e. The molecule has 48 heavy (non-hydrogen) atoms. The maximum absolute atomic E-state index is 14.2. The molecule has 1 saturated heterocycles. The molecule has 2 aliphatic rings. The molecule has 3 amide bonds. The molecule has 3 aromatic rings. The zero-order valence-electron chi connectivity index (χ0n) is 26.9. The van der Waals surface area contributed by atoms with Gasteiger partial charge in [0.05, 0.1) is 5.56 Å². The van der Waals surface area contributed by atoms with Crippen molar-refractivity contribution >= 4 is 23.9 Å². The van der Waals surface area contributed by atoms with Gasteiger partial charge >= 0.3 is 18.2 Å². The number of rotatable bonds is 9. The third kappa shape index (κ3) is 7.32. The van der Waals surface area contributed by atoms with E-state index in [9.17, 15) is 37.5 Å². The van der Waals surface area contributed by atoms with Crippen molar-refractivity contribution in [3.63, 3.8) is 0 Å². The van der Waals surface area contributed by atoms with Crippen LogP contribution >= 0.6 is 0 Å². The molecule has 1 N–H and O–H groups in total. The molecular formula is C36H38F3N3O6. The van der Waals surface area contributed by atoms with E-state index in [0.717, 1.165) is 39.3 Å². The molecule has 3 atom stereocenters. The average Bonchev–Trinajstić information content (AvgIpc) is 3.29. The summed E-state index contributed by atoms with van der Waals surface area (Å²) in [5.74, 6) is -2.69. The first kappa shape index (κ1) is 34.5. The number of benzene rings is 3. The fourth-order valence-corrected chi connectivity index (χ4v) is 6.64. The number of carboxylic acid groups (broad SMARTS) is 1. The predicted octanol–water partition coefficient (Wildman–Crippen LogP) is 5.67. The smallest absolute Gasteiger partial charge is 0.416 e. The molecule has 0 radical (unpaired) electrons. The summed E-state index contributed by atoms with van der Waals surface area (Å²) in [4.78, 5) is 56.4. The van der Waals surface area contributed by atoms with Gasteiger partial charge in [-0.15, -0.1) is 0 Å². The highest BCUT2D eigenvalue weighted by Crippen LogP contribution is 2.44. The van der Waals surface area contributed by atoms with Crippen LogP contribution in [0.3, 0.4) is 0 Å². The molecule has 12 heteroatoms. The largest absolute Gasteiger partial charge is 0.480 e. The van der Waals surface area contributed by atoms with Crippen LogP contribution in [0.1, 0.15) is 47.9 Å². The van der Waals surface area contributed by atoms with Crippen LogP contribution in [-0.4, -0.2) is 89.6 Å². The second-order valence-electron chi connectivity index (χ2n) is 12.6. The Morgan fingerprint density at radius 1 is 0.958 bits per heavy atom. The van der Waals surface area contributed by atoms with Gasteiger partial charge in [-0.25, -0.2) is 4.79 Å². The summed E-state index contributed by atoms with van der Waals surface area (Å²) < 4.78 is 45.4. The van der Waals surface area contributed by atoms with E-state index in [0.29, 0.717) is 18.4 Å². The Hall–Kier alpha value is -4.87. The van der Waals surface area contributed by atoms with E-state index in [2.05, 4.69) is 0 Å². The highest BCUT2D eigenvalue weighted by atomic mass is 19.4. The molecule has 0 spiro atoms. The van der Waals surface area contributed by atoms with E-state index in [1.807, 2.05) is 55.5 Å². The van der Waals surface area contributed by atoms with Gasteiger partial charge in [-0.3, -0.25) is 19.3 Å². The van der Waals surface area contributed by atoms with E-state index in [4.69, 9.17) is 4.74 Å². The minimum absolute atomic E-state index is 0.0358. The van der Waals surface area contributed by atoms with E-state index in [1.165, 1.54) is 36.0 Å². The van der Waals surface area contributed by atoms with Crippen molar-refractivity contribution in [1.29, 1.82) is 0 Å². The zero-order valence-corrected chi connectivity index (χ0v) is 26.9. The Morgan fingerprint density at radius 2 is 1.54 bits per heavy atom. The van der Waals surface area contributed by atoms with Crippen LogP contribution in [-0.2, 0) is 31.7 Å². The lowest BCUT2D eigenvalue weighted by Crippen LogP contribution is -2.56. The molecule has 3 aromatic carbocycles. The molecule has 5 rings (SSSR count). The maximum atomic E-state index is 14.2. The third-order valence-electron chi connectivity index (χ3n) is 9.27. The Balaban J connectivity index is 1.37. The Morgan fingerprint density at radius 3 is 2.10 bits per heavy atom. The summed E-state index contributed by atoms with van der Waals surface area (Å²) in [6.45, 7) is 1.47. The first-order valence-corrected chi connectivity index (χ1v) is 15.8. The summed E-state index contributed by atoms with van der Waals surface area (Å²) in [7, 11) is 2.77. The standard InChI is InChI=1S/C36H38F3N3O6/c1-22-16-17-42(31(33(45)40(2)20-32(43)44)19-23-12-14-24(15-13-23)36(37,38)39)34(46)30(18-22)41(3)35(47)48-21-29-27-10-6-4-8-25(27)26-9-5-7-11-28(26)29/h4-15,22,29-31H,16-21H2,1-3H3,(H,43,44)/t22-,30-,31?/m0/s1. The highest BCUT2D eigenvalue weighted by molar-refractivity contribution is 5.92. The van der Waals surface area contributed by atoms with Gasteiger partial charge < -0.3 is 19.6 Å². The maximum Gasteiger partial charge on any atom is 0.416 e. The molecule has 1 heterocycles. The second-order valence-corrected chi connectivity index (χ2v) is 12.6. The number of alkyl halides is 3. The number of hydrogen-bond acceptors (Lipinski definition) is 5. The first-order chi connectivity index (χ1) is 22.8. The number of ether oxygens (including phenoxy) is 1. The number of carbonyl (C=O) groups is 4. The predicted molar refractivity (Wildman–Crippen MR) is 171 cm³/mol. The number of amides is 3. The minimum atomic E-state index is -4.55. The molecule has 1 aliphatic heterocycles. The van der Waals surface area contributed by atoms with Crippen LogP contribution in [0.4, 0.5) is 18.0 Å². The number of hydrogen-bond donors (Lipinski definition) is 1. The molecule has 0 saturated carbocycles. The fraction of sp³-hybridized carbons (Fsp3) is 0.389. The van der Waals surface area contributed by atoms with Crippen molar-refractivity contribution in [3.8, 4) is 11.1 Å². The summed E-state index contributed by atoms with van der Waals surface area (Å²) in [5.41, 5.74) is 3.72. The average molecular weight is 666 g/mol. The molecule has 1 aliphatic carbocycles. The van der Waals surface area contributed by atoms with Gasteiger partial charge in [-0.2, -0.15) is 13.2 Å². The zero-order chi connectivity index (χ0) is 34.7. The van der Waals surface area contributed by atoms with Gasteiger partial charge in [-0.05, 0) is 58.7 Å². The monoisotopic (exact) mass is 665 g/mol. The third-order valence-corrected chi connectivity index (χ3v) is 9.27. The quantitative estimate of drug-likeness (QED) is 0.316. The van der Waals surface area contributed by atoms with Crippen LogP contribution in [0.2, 0.25) is 0 Å². The lowest BCUT2D eigenvalue weighted by Gasteiger charge is -2.36. The molecular weight excluding hydrogens is 627 g/mol. The van der Waals surface area contributed by atoms with Gasteiger partial charge in [-0.1, -0.05) is 67.6 Å². The second kappa shape index (κ2) is 14.1. The molecule has 1 fully saturated rings. The SMILES string of the molecule is C[C@H]1CCN(C(Cc2ccc(C(F)(F)F)cc2)C(=O)N(C)CC(=O)O)C(=O)[C@@H](N(C)C(=O)OCC2c3ccccc3-c3ccccc32)C1. The number of likely N-dealkylation sites (N-methyl/N-ethyl adjacent to an activating group) is 2. The van der Waals surface area contributed by atoms with E-state index in [-0.39, 0.29) is 31.4 Å². The Kier molecular flexibility index (Phi) is 10.1. The highest BCUT2D eigenvalue weighted by Gasteiger charge is 2.41. The first-order valence-electron chi connectivity index (χ1n) is 15.8. The molecule has 9 nitrogen and oxygen atoms in total. The normalized spacial score (nSPS) is 18.4. The molecule has 1 unspecified atom stereocenters. The number of carbonyl (C=O) groups excluding carboxylic acids is 3. The van der Waals surface area contributed by atoms with Crippen LogP contribution in [0.15, 0.2) is 72.8 Å². The summed E-state index contributed by atoms with van der Waals surface area (Å²) in [6.07, 6.45) is -4.63. The van der Waals surface area contributed by atoms with Gasteiger partial charge in [0.25, 0.3) is 0 Å². The lowest BCUT2D eigenvalue weighted by atomic mass is 9.98. The number of fused-ring (bicyclic) bond motifs is 3. The van der Waals surface area contributed by atoms with Crippen molar-refractivity contribution in [2.45, 2.75) is 50.4 Å². The number of aliphatic carboxylic acids is 1. The van der Waals surface area contributed by atoms with E-state index in [1.54, 1.807) is 0 Å². The topological polar surface area (TPSA) is 107 Å². The van der Waals surface area contributed by atoms with Crippen molar-refractivity contribution in [2.75, 3.05) is 33.8 Å². The van der Waals surface area contributed by atoms with E-state index >= 15 is 0 Å². The Bertz CT molecular complexity index is 1630. The summed E-state index contributed by atoms with van der Waals surface area (Å²) >= 11 is 0. The van der Waals surface area contributed by atoms with Gasteiger partial charge in [0.15, 0.2) is 0 Å². The van der Waals surface area contributed by atoms with E-state index < -0.39 is 54.2 Å². The van der Waals surface area contributed by atoms with Gasteiger partial charge in [0.1, 0.15) is 25.2 Å². The van der Waals surface area contributed by atoms with Crippen molar-refractivity contribution in [2.24, 2.45) is 5.92 Å². The van der Waals surface area contributed by atoms with Gasteiger partial charge in [0, 0.05) is 33.0 Å². The van der Waals surface area contributed by atoms with Crippen LogP contribution < -0.4 is 0 Å². The van der Waals surface area contributed by atoms with Crippen molar-refractivity contribution in [3.05, 3.63) is 95.1 Å². The number of carboxylic acids is 1. The van der Waals surface area contributed by atoms with Crippen molar-refractivity contribution in [1.82, 2.24) is 14.7 Å². The Labute approximate surface area is 276 Å².